The summed E-state index contributed by atoms with van der Waals surface area (Å²) in [6.45, 7) is 5.37. The third-order valence-electron chi connectivity index (χ3n) is 8.61. The summed E-state index contributed by atoms with van der Waals surface area (Å²) >= 11 is 1.77. The van der Waals surface area contributed by atoms with Crippen molar-refractivity contribution >= 4 is 21.6 Å². The van der Waals surface area contributed by atoms with Gasteiger partial charge in [0.2, 0.25) is 0 Å². The molecular formula is C40H55NOS. The maximum atomic E-state index is 6.03. The fourth-order valence-corrected chi connectivity index (χ4v) is 6.86. The number of rotatable bonds is 22. The Balaban J connectivity index is 1.19. The molecule has 1 aromatic heterocycles. The molecule has 2 nitrogen and oxygen atoms in total. The smallest absolute Gasteiger partial charge is 0.124 e. The predicted molar refractivity (Wildman–Crippen MR) is 190 cm³/mol. The van der Waals surface area contributed by atoms with Gasteiger partial charge in [0.25, 0.3) is 0 Å². The first kappa shape index (κ1) is 33.2. The summed E-state index contributed by atoms with van der Waals surface area (Å²) in [6.07, 6.45) is 24.2. The van der Waals surface area contributed by atoms with Gasteiger partial charge in [0, 0.05) is 5.56 Å². The van der Waals surface area contributed by atoms with Gasteiger partial charge in [-0.25, -0.2) is 4.98 Å². The van der Waals surface area contributed by atoms with Crippen molar-refractivity contribution in [2.75, 3.05) is 6.61 Å². The van der Waals surface area contributed by atoms with E-state index in [-0.39, 0.29) is 0 Å². The van der Waals surface area contributed by atoms with Gasteiger partial charge in [0.05, 0.1) is 16.8 Å². The maximum absolute atomic E-state index is 6.03. The first-order valence-corrected chi connectivity index (χ1v) is 18.3. The summed E-state index contributed by atoms with van der Waals surface area (Å²) in [5.41, 5.74) is 6.23. The van der Waals surface area contributed by atoms with E-state index in [1.807, 2.05) is 0 Å². The number of hydrogen-bond donors (Lipinski definition) is 0. The zero-order chi connectivity index (χ0) is 30.0. The van der Waals surface area contributed by atoms with Gasteiger partial charge >= 0.3 is 0 Å². The van der Waals surface area contributed by atoms with E-state index < -0.39 is 0 Å². The molecule has 43 heavy (non-hydrogen) atoms. The Bertz CT molecular complexity index is 1290. The normalized spacial score (nSPS) is 11.4. The van der Waals surface area contributed by atoms with Gasteiger partial charge in [0.1, 0.15) is 10.8 Å². The zero-order valence-electron chi connectivity index (χ0n) is 27.0. The molecule has 0 N–H and O–H groups in total. The SMILES string of the molecule is CCCCCCCCCCCCOc1ccc(-c2nc3ccc(-c4ccc(CCCCCCCCC)cc4)cc3s2)cc1. The minimum atomic E-state index is 0.805. The first-order chi connectivity index (χ1) is 21.3. The second-order valence-corrected chi connectivity index (χ2v) is 13.4. The van der Waals surface area contributed by atoms with Gasteiger partial charge in [-0.15, -0.1) is 11.3 Å². The Morgan fingerprint density at radius 3 is 1.70 bits per heavy atom. The highest BCUT2D eigenvalue weighted by atomic mass is 32.1. The van der Waals surface area contributed by atoms with Crippen molar-refractivity contribution in [2.45, 2.75) is 129 Å². The zero-order valence-corrected chi connectivity index (χ0v) is 27.9. The molecule has 0 fully saturated rings. The van der Waals surface area contributed by atoms with E-state index >= 15 is 0 Å². The second kappa shape index (κ2) is 19.6. The molecule has 232 valence electrons. The summed E-state index contributed by atoms with van der Waals surface area (Å²) < 4.78 is 7.27. The van der Waals surface area contributed by atoms with Crippen molar-refractivity contribution in [1.29, 1.82) is 0 Å². The summed E-state index contributed by atoms with van der Waals surface area (Å²) in [4.78, 5) is 4.94. The van der Waals surface area contributed by atoms with Gasteiger partial charge < -0.3 is 4.74 Å². The standard InChI is InChI=1S/C40H55NOS/c1-3-5-7-9-11-12-13-15-17-19-31-42-37-28-25-35(26-29-37)40-41-38-30-27-36(32-39(38)43-40)34-23-21-33(22-24-34)20-18-16-14-10-8-6-4-2/h21-30,32H,3-20,31H2,1-2H3. The van der Waals surface area contributed by atoms with Gasteiger partial charge in [-0.2, -0.15) is 0 Å². The van der Waals surface area contributed by atoms with Crippen molar-refractivity contribution in [1.82, 2.24) is 4.98 Å². The molecule has 0 atom stereocenters. The van der Waals surface area contributed by atoms with Crippen LogP contribution in [-0.4, -0.2) is 11.6 Å². The molecule has 4 rings (SSSR count). The van der Waals surface area contributed by atoms with Gasteiger partial charge in [0.15, 0.2) is 0 Å². The molecule has 0 unspecified atom stereocenters. The molecule has 0 bridgehead atoms. The Morgan fingerprint density at radius 2 is 1.07 bits per heavy atom. The van der Waals surface area contributed by atoms with Crippen LogP contribution in [0.5, 0.6) is 5.75 Å². The van der Waals surface area contributed by atoms with Crippen LogP contribution in [0.3, 0.4) is 0 Å². The van der Waals surface area contributed by atoms with Crippen LogP contribution in [0, 0.1) is 0 Å². The molecular weight excluding hydrogens is 543 g/mol. The summed E-state index contributed by atoms with van der Waals surface area (Å²) in [7, 11) is 0. The summed E-state index contributed by atoms with van der Waals surface area (Å²) in [6, 6.07) is 24.4. The minimum Gasteiger partial charge on any atom is -0.494 e. The highest BCUT2D eigenvalue weighted by Gasteiger charge is 2.09. The molecule has 0 saturated carbocycles. The lowest BCUT2D eigenvalue weighted by atomic mass is 10.0. The number of nitrogens with zero attached hydrogens (tertiary/aromatic N) is 1. The molecule has 3 aromatic carbocycles. The van der Waals surface area contributed by atoms with E-state index in [9.17, 15) is 0 Å². The van der Waals surface area contributed by atoms with Crippen LogP contribution in [-0.2, 0) is 6.42 Å². The van der Waals surface area contributed by atoms with E-state index in [2.05, 4.69) is 80.6 Å². The number of unbranched alkanes of at least 4 members (excludes halogenated alkanes) is 15. The van der Waals surface area contributed by atoms with Crippen molar-refractivity contribution in [2.24, 2.45) is 0 Å². The third kappa shape index (κ3) is 11.8. The van der Waals surface area contributed by atoms with Crippen LogP contribution in [0.15, 0.2) is 66.7 Å². The largest absolute Gasteiger partial charge is 0.494 e. The Hall–Kier alpha value is -2.65. The fraction of sp³-hybridized carbons (Fsp3) is 0.525. The molecule has 0 spiro atoms. The highest BCUT2D eigenvalue weighted by molar-refractivity contribution is 7.21. The Labute approximate surface area is 266 Å². The predicted octanol–water partition coefficient (Wildman–Crippen LogP) is 13.2. The Kier molecular flexibility index (Phi) is 15.1. The fourth-order valence-electron chi connectivity index (χ4n) is 5.85. The Morgan fingerprint density at radius 1 is 0.535 bits per heavy atom. The third-order valence-corrected chi connectivity index (χ3v) is 9.68. The van der Waals surface area contributed by atoms with Crippen molar-refractivity contribution in [3.8, 4) is 27.4 Å². The number of fused-ring (bicyclic) bond motifs is 1. The highest BCUT2D eigenvalue weighted by Crippen LogP contribution is 2.34. The summed E-state index contributed by atoms with van der Waals surface area (Å²) in [5.74, 6) is 0.957. The van der Waals surface area contributed by atoms with E-state index in [1.165, 1.54) is 131 Å². The quantitative estimate of drug-likeness (QED) is 0.0841. The maximum Gasteiger partial charge on any atom is 0.124 e. The van der Waals surface area contributed by atoms with E-state index in [4.69, 9.17) is 9.72 Å². The van der Waals surface area contributed by atoms with E-state index in [0.29, 0.717) is 0 Å². The van der Waals surface area contributed by atoms with Gasteiger partial charge in [-0.3, -0.25) is 0 Å². The lowest BCUT2D eigenvalue weighted by Crippen LogP contribution is -1.97. The lowest BCUT2D eigenvalue weighted by molar-refractivity contribution is 0.304. The molecule has 3 heteroatoms. The van der Waals surface area contributed by atoms with Crippen LogP contribution < -0.4 is 4.74 Å². The van der Waals surface area contributed by atoms with Crippen molar-refractivity contribution in [3.05, 3.63) is 72.3 Å². The average molecular weight is 598 g/mol. The monoisotopic (exact) mass is 597 g/mol. The molecule has 1 heterocycles. The average Bonchev–Trinajstić information content (AvgIpc) is 3.47. The topological polar surface area (TPSA) is 22.1 Å². The van der Waals surface area contributed by atoms with Crippen molar-refractivity contribution in [3.63, 3.8) is 0 Å². The number of aryl methyl sites for hydroxylation is 1. The van der Waals surface area contributed by atoms with Crippen molar-refractivity contribution < 1.29 is 4.74 Å². The summed E-state index contributed by atoms with van der Waals surface area (Å²) in [5, 5.41) is 1.07. The molecule has 0 aliphatic rings. The van der Waals surface area contributed by atoms with Crippen LogP contribution in [0.1, 0.15) is 129 Å². The first-order valence-electron chi connectivity index (χ1n) is 17.5. The number of thiazole rings is 1. The minimum absolute atomic E-state index is 0.805. The van der Waals surface area contributed by atoms with Crippen LogP contribution in [0.4, 0.5) is 0 Å². The number of aromatic nitrogens is 1. The lowest BCUT2D eigenvalue weighted by Gasteiger charge is -2.07. The molecule has 0 amide bonds. The molecule has 0 aliphatic carbocycles. The number of ether oxygens (including phenoxy) is 1. The van der Waals surface area contributed by atoms with Gasteiger partial charge in [-0.1, -0.05) is 140 Å². The van der Waals surface area contributed by atoms with Crippen LogP contribution in [0.2, 0.25) is 0 Å². The van der Waals surface area contributed by atoms with E-state index in [1.54, 1.807) is 11.3 Å². The van der Waals surface area contributed by atoms with Crippen LogP contribution in [0.25, 0.3) is 31.9 Å². The van der Waals surface area contributed by atoms with Gasteiger partial charge in [-0.05, 0) is 72.4 Å². The molecule has 0 radical (unpaired) electrons. The molecule has 4 aromatic rings. The van der Waals surface area contributed by atoms with E-state index in [0.717, 1.165) is 34.9 Å². The second-order valence-electron chi connectivity index (χ2n) is 12.3. The molecule has 0 aliphatic heterocycles. The number of benzene rings is 3. The molecule has 0 saturated heterocycles. The number of hydrogen-bond acceptors (Lipinski definition) is 3. The van der Waals surface area contributed by atoms with Crippen LogP contribution >= 0.6 is 11.3 Å².